The van der Waals surface area contributed by atoms with Gasteiger partial charge in [-0.2, -0.15) is 0 Å². The van der Waals surface area contributed by atoms with E-state index in [9.17, 15) is 0 Å². The highest BCUT2D eigenvalue weighted by Gasteiger charge is 1.93. The first-order valence-electron chi connectivity index (χ1n) is 6.79. The number of aryl methyl sites for hydroxylation is 1. The molecule has 2 nitrogen and oxygen atoms in total. The Bertz CT molecular complexity index is 266. The van der Waals surface area contributed by atoms with Crippen LogP contribution in [0.25, 0.3) is 0 Å². The predicted octanol–water partition coefficient (Wildman–Crippen LogP) is 3.41. The van der Waals surface area contributed by atoms with Crippen molar-refractivity contribution in [2.24, 2.45) is 0 Å². The zero-order valence-electron chi connectivity index (χ0n) is 11.2. The van der Waals surface area contributed by atoms with Crippen LogP contribution >= 0.6 is 0 Å². The Hall–Kier alpha value is -1.02. The second-order valence-electron chi connectivity index (χ2n) is 4.24. The summed E-state index contributed by atoms with van der Waals surface area (Å²) in [5.74, 6) is 0.963. The van der Waals surface area contributed by atoms with Crippen LogP contribution < -0.4 is 10.1 Å². The Morgan fingerprint density at radius 1 is 1.00 bits per heavy atom. The van der Waals surface area contributed by atoms with Gasteiger partial charge in [-0.1, -0.05) is 25.5 Å². The quantitative estimate of drug-likeness (QED) is 0.867. The van der Waals surface area contributed by atoms with E-state index in [1.165, 1.54) is 37.9 Å². The Balaban J connectivity index is 0.000000202. The van der Waals surface area contributed by atoms with E-state index in [1.54, 1.807) is 0 Å². The van der Waals surface area contributed by atoms with Gasteiger partial charge in [0.25, 0.3) is 0 Å². The molecule has 2 rings (SSSR count). The number of benzene rings is 1. The Morgan fingerprint density at radius 3 is 2.00 bits per heavy atom. The van der Waals surface area contributed by atoms with Crippen LogP contribution in [-0.4, -0.2) is 19.7 Å². The zero-order valence-corrected chi connectivity index (χ0v) is 11.2. The molecule has 1 aromatic rings. The number of rotatable bonds is 3. The Kier molecular flexibility index (Phi) is 7.48. The second-order valence-corrected chi connectivity index (χ2v) is 4.24. The van der Waals surface area contributed by atoms with Crippen molar-refractivity contribution in [2.45, 2.75) is 39.5 Å². The third-order valence-corrected chi connectivity index (χ3v) is 2.85. The molecular weight excluding hydrogens is 210 g/mol. The largest absolute Gasteiger partial charge is 0.494 e. The molecule has 0 spiro atoms. The maximum atomic E-state index is 5.31. The summed E-state index contributed by atoms with van der Waals surface area (Å²) in [7, 11) is 0. The van der Waals surface area contributed by atoms with Crippen molar-refractivity contribution in [3.05, 3.63) is 29.8 Å². The minimum absolute atomic E-state index is 0.742. The summed E-state index contributed by atoms with van der Waals surface area (Å²) in [4.78, 5) is 0. The average Bonchev–Trinajstić information content (AvgIpc) is 2.43. The standard InChI is InChI=1S/C10H14O.C5H11N/c1-3-9-5-7-10(8-6-9)11-4-2;1-2-4-6-5-3-1/h5-8H,3-4H2,1-2H3;6H,1-5H2. The van der Waals surface area contributed by atoms with E-state index in [4.69, 9.17) is 4.74 Å². The average molecular weight is 235 g/mol. The normalized spacial score (nSPS) is 14.7. The lowest BCUT2D eigenvalue weighted by Crippen LogP contribution is -2.21. The van der Waals surface area contributed by atoms with Crippen molar-refractivity contribution in [2.75, 3.05) is 19.7 Å². The van der Waals surface area contributed by atoms with Gasteiger partial charge in [0.2, 0.25) is 0 Å². The number of piperidine rings is 1. The fourth-order valence-corrected chi connectivity index (χ4v) is 1.79. The highest BCUT2D eigenvalue weighted by molar-refractivity contribution is 5.27. The maximum Gasteiger partial charge on any atom is 0.119 e. The molecule has 1 aliphatic heterocycles. The molecule has 0 saturated carbocycles. The number of hydrogen-bond acceptors (Lipinski definition) is 2. The van der Waals surface area contributed by atoms with Crippen molar-refractivity contribution in [3.8, 4) is 5.75 Å². The van der Waals surface area contributed by atoms with Gasteiger partial charge in [-0.25, -0.2) is 0 Å². The molecule has 1 aliphatic rings. The first kappa shape index (κ1) is 14.0. The van der Waals surface area contributed by atoms with Gasteiger partial charge in [0.05, 0.1) is 6.61 Å². The summed E-state index contributed by atoms with van der Waals surface area (Å²) >= 11 is 0. The van der Waals surface area contributed by atoms with E-state index < -0.39 is 0 Å². The van der Waals surface area contributed by atoms with Crippen LogP contribution in [0.5, 0.6) is 5.75 Å². The summed E-state index contributed by atoms with van der Waals surface area (Å²) in [6.45, 7) is 7.38. The first-order valence-corrected chi connectivity index (χ1v) is 6.79. The Morgan fingerprint density at radius 2 is 1.65 bits per heavy atom. The van der Waals surface area contributed by atoms with Crippen molar-refractivity contribution in [1.29, 1.82) is 0 Å². The van der Waals surface area contributed by atoms with Gasteiger partial charge in [-0.05, 0) is 57.0 Å². The SMILES string of the molecule is C1CCNCC1.CCOc1ccc(CC)cc1. The van der Waals surface area contributed by atoms with E-state index in [1.807, 2.05) is 19.1 Å². The van der Waals surface area contributed by atoms with E-state index in [-0.39, 0.29) is 0 Å². The summed E-state index contributed by atoms with van der Waals surface area (Å²) in [6.07, 6.45) is 5.30. The highest BCUT2D eigenvalue weighted by Crippen LogP contribution is 2.11. The fraction of sp³-hybridized carbons (Fsp3) is 0.600. The van der Waals surface area contributed by atoms with Gasteiger partial charge >= 0.3 is 0 Å². The number of ether oxygens (including phenoxy) is 1. The smallest absolute Gasteiger partial charge is 0.119 e. The van der Waals surface area contributed by atoms with Gasteiger partial charge in [0.15, 0.2) is 0 Å². The van der Waals surface area contributed by atoms with Crippen LogP contribution in [0, 0.1) is 0 Å². The fourth-order valence-electron chi connectivity index (χ4n) is 1.79. The van der Waals surface area contributed by atoms with Crippen molar-refractivity contribution in [1.82, 2.24) is 5.32 Å². The van der Waals surface area contributed by atoms with Crippen LogP contribution in [0.15, 0.2) is 24.3 Å². The molecule has 0 bridgehead atoms. The molecule has 1 saturated heterocycles. The summed E-state index contributed by atoms with van der Waals surface area (Å²) in [5, 5.41) is 3.28. The van der Waals surface area contributed by atoms with Crippen LogP contribution in [-0.2, 0) is 6.42 Å². The lowest BCUT2D eigenvalue weighted by molar-refractivity contribution is 0.340. The second kappa shape index (κ2) is 9.06. The van der Waals surface area contributed by atoms with Crippen molar-refractivity contribution in [3.63, 3.8) is 0 Å². The van der Waals surface area contributed by atoms with E-state index in [0.29, 0.717) is 0 Å². The molecule has 0 unspecified atom stereocenters. The molecule has 1 N–H and O–H groups in total. The summed E-state index contributed by atoms with van der Waals surface area (Å²) < 4.78 is 5.31. The van der Waals surface area contributed by atoms with Gasteiger partial charge in [0, 0.05) is 0 Å². The molecule has 2 heteroatoms. The monoisotopic (exact) mass is 235 g/mol. The molecule has 0 aromatic heterocycles. The molecule has 1 fully saturated rings. The van der Waals surface area contributed by atoms with Gasteiger partial charge in [-0.15, -0.1) is 0 Å². The topological polar surface area (TPSA) is 21.3 Å². The molecule has 17 heavy (non-hydrogen) atoms. The van der Waals surface area contributed by atoms with E-state index >= 15 is 0 Å². The Labute approximate surface area is 105 Å². The summed E-state index contributed by atoms with van der Waals surface area (Å²) in [6, 6.07) is 8.24. The predicted molar refractivity (Wildman–Crippen MR) is 73.7 cm³/mol. The number of nitrogens with one attached hydrogen (secondary N) is 1. The molecule has 1 aromatic carbocycles. The van der Waals surface area contributed by atoms with E-state index in [0.717, 1.165) is 18.8 Å². The third kappa shape index (κ3) is 6.32. The van der Waals surface area contributed by atoms with Gasteiger partial charge < -0.3 is 10.1 Å². The third-order valence-electron chi connectivity index (χ3n) is 2.85. The molecule has 96 valence electrons. The minimum Gasteiger partial charge on any atom is -0.494 e. The van der Waals surface area contributed by atoms with Crippen LogP contribution in [0.4, 0.5) is 0 Å². The minimum atomic E-state index is 0.742. The van der Waals surface area contributed by atoms with Crippen molar-refractivity contribution < 1.29 is 4.74 Å². The zero-order chi connectivity index (χ0) is 12.3. The maximum absolute atomic E-state index is 5.31. The highest BCUT2D eigenvalue weighted by atomic mass is 16.5. The van der Waals surface area contributed by atoms with Crippen LogP contribution in [0.2, 0.25) is 0 Å². The first-order chi connectivity index (χ1) is 8.36. The molecule has 1 heterocycles. The molecule has 0 aliphatic carbocycles. The summed E-state index contributed by atoms with van der Waals surface area (Å²) in [5.41, 5.74) is 1.36. The van der Waals surface area contributed by atoms with Crippen LogP contribution in [0.3, 0.4) is 0 Å². The van der Waals surface area contributed by atoms with Crippen LogP contribution in [0.1, 0.15) is 38.7 Å². The van der Waals surface area contributed by atoms with E-state index in [2.05, 4.69) is 24.4 Å². The number of hydrogen-bond donors (Lipinski definition) is 1. The lowest BCUT2D eigenvalue weighted by atomic mass is 10.2. The molecule has 0 atom stereocenters. The van der Waals surface area contributed by atoms with Gasteiger partial charge in [0.1, 0.15) is 5.75 Å². The van der Waals surface area contributed by atoms with Crippen molar-refractivity contribution >= 4 is 0 Å². The molecular formula is C15H25NO. The molecule has 0 radical (unpaired) electrons. The van der Waals surface area contributed by atoms with Gasteiger partial charge in [-0.3, -0.25) is 0 Å². The molecule has 0 amide bonds. The lowest BCUT2D eigenvalue weighted by Gasteiger charge is -2.08.